The fraction of sp³-hybridized carbons (Fsp3) is 0.389. The number of amides is 2. The summed E-state index contributed by atoms with van der Waals surface area (Å²) < 4.78 is 15.8. The molecule has 0 aliphatic heterocycles. The van der Waals surface area contributed by atoms with E-state index in [0.717, 1.165) is 11.3 Å². The van der Waals surface area contributed by atoms with Gasteiger partial charge in [-0.2, -0.15) is 0 Å². The number of ether oxygens (including phenoxy) is 2. The van der Waals surface area contributed by atoms with Crippen LogP contribution in [0.5, 0.6) is 11.5 Å². The Labute approximate surface area is 146 Å². The van der Waals surface area contributed by atoms with Gasteiger partial charge in [0.2, 0.25) is 0 Å². The number of carbonyl (C=O) groups excluding carboxylic acids is 1. The van der Waals surface area contributed by atoms with Crippen molar-refractivity contribution in [2.24, 2.45) is 0 Å². The number of nitrogens with one attached hydrogen (secondary N) is 2. The summed E-state index contributed by atoms with van der Waals surface area (Å²) in [7, 11) is 3.13. The molecule has 2 aromatic rings. The van der Waals surface area contributed by atoms with Crippen LogP contribution in [0.2, 0.25) is 0 Å². The summed E-state index contributed by atoms with van der Waals surface area (Å²) in [6.07, 6.45) is -0.815. The lowest BCUT2D eigenvalue weighted by molar-refractivity contribution is 0.171. The summed E-state index contributed by atoms with van der Waals surface area (Å²) in [5.74, 6) is 2.61. The number of furan rings is 1. The Bertz CT molecular complexity index is 726. The van der Waals surface area contributed by atoms with Crippen LogP contribution in [0.3, 0.4) is 0 Å². The summed E-state index contributed by atoms with van der Waals surface area (Å²) >= 11 is 0. The fourth-order valence-corrected chi connectivity index (χ4v) is 2.52. The Morgan fingerprint density at radius 3 is 2.48 bits per heavy atom. The third-order valence-electron chi connectivity index (χ3n) is 3.80. The van der Waals surface area contributed by atoms with E-state index in [4.69, 9.17) is 13.9 Å². The van der Waals surface area contributed by atoms with Crippen LogP contribution in [0.4, 0.5) is 4.79 Å². The zero-order chi connectivity index (χ0) is 18.4. The van der Waals surface area contributed by atoms with Crippen molar-refractivity contribution in [1.29, 1.82) is 0 Å². The van der Waals surface area contributed by atoms with Crippen LogP contribution in [-0.2, 0) is 6.54 Å². The molecule has 1 heterocycles. The zero-order valence-electron chi connectivity index (χ0n) is 14.9. The average molecular weight is 348 g/mol. The molecule has 1 aromatic carbocycles. The molecule has 1 aromatic heterocycles. The number of aliphatic hydroxyl groups is 1. The molecule has 2 rings (SSSR count). The first-order valence-electron chi connectivity index (χ1n) is 7.92. The maximum absolute atomic E-state index is 11.9. The molecule has 1 atom stereocenters. The van der Waals surface area contributed by atoms with E-state index in [1.54, 1.807) is 39.3 Å². The number of aryl methyl sites for hydroxylation is 2. The Kier molecular flexibility index (Phi) is 6.30. The standard InChI is InChI=1S/C18H24N2O5/c1-11-7-14(12(2)25-11)15(21)10-20-18(22)19-9-13-5-6-16(23-3)17(8-13)24-4/h5-8,15,21H,9-10H2,1-4H3,(H2,19,20,22). The summed E-state index contributed by atoms with van der Waals surface area (Å²) in [4.78, 5) is 11.9. The molecular weight excluding hydrogens is 324 g/mol. The molecule has 0 spiro atoms. The van der Waals surface area contributed by atoms with Crippen molar-refractivity contribution in [3.63, 3.8) is 0 Å². The maximum atomic E-state index is 11.9. The average Bonchev–Trinajstić information content (AvgIpc) is 2.95. The van der Waals surface area contributed by atoms with Gasteiger partial charge in [0.05, 0.1) is 20.3 Å². The van der Waals surface area contributed by atoms with Crippen molar-refractivity contribution in [3.8, 4) is 11.5 Å². The molecule has 0 radical (unpaired) electrons. The lowest BCUT2D eigenvalue weighted by atomic mass is 10.1. The summed E-state index contributed by atoms with van der Waals surface area (Å²) in [6, 6.07) is 6.82. The SMILES string of the molecule is COc1ccc(CNC(=O)NCC(O)c2cc(C)oc2C)cc1OC. The second kappa shape index (κ2) is 8.43. The Morgan fingerprint density at radius 1 is 1.16 bits per heavy atom. The molecule has 0 aliphatic carbocycles. The quantitative estimate of drug-likeness (QED) is 0.715. The molecule has 0 saturated heterocycles. The van der Waals surface area contributed by atoms with E-state index in [0.29, 0.717) is 29.4 Å². The van der Waals surface area contributed by atoms with Gasteiger partial charge in [-0.25, -0.2) is 4.79 Å². The molecule has 0 saturated carbocycles. The molecule has 7 heteroatoms. The minimum atomic E-state index is -0.815. The first-order chi connectivity index (χ1) is 11.9. The summed E-state index contributed by atoms with van der Waals surface area (Å²) in [6.45, 7) is 4.01. The van der Waals surface area contributed by atoms with Crippen molar-refractivity contribution in [2.75, 3.05) is 20.8 Å². The van der Waals surface area contributed by atoms with E-state index in [2.05, 4.69) is 10.6 Å². The minimum Gasteiger partial charge on any atom is -0.493 e. The third kappa shape index (κ3) is 4.90. The molecule has 136 valence electrons. The van der Waals surface area contributed by atoms with Crippen molar-refractivity contribution in [3.05, 3.63) is 46.9 Å². The van der Waals surface area contributed by atoms with Gasteiger partial charge in [-0.15, -0.1) is 0 Å². The zero-order valence-corrected chi connectivity index (χ0v) is 14.9. The molecule has 0 aliphatic rings. The molecule has 0 fully saturated rings. The number of aliphatic hydroxyl groups excluding tert-OH is 1. The lowest BCUT2D eigenvalue weighted by Gasteiger charge is -2.13. The Hall–Kier alpha value is -2.67. The Balaban J connectivity index is 1.83. The van der Waals surface area contributed by atoms with Crippen molar-refractivity contribution in [1.82, 2.24) is 10.6 Å². The minimum absolute atomic E-state index is 0.0948. The molecule has 7 nitrogen and oxygen atoms in total. The number of hydrogen-bond acceptors (Lipinski definition) is 5. The van der Waals surface area contributed by atoms with Gasteiger partial charge < -0.3 is 29.6 Å². The molecule has 0 bridgehead atoms. The van der Waals surface area contributed by atoms with E-state index < -0.39 is 6.10 Å². The van der Waals surface area contributed by atoms with Crippen LogP contribution in [-0.4, -0.2) is 31.9 Å². The van der Waals surface area contributed by atoms with Gasteiger partial charge >= 0.3 is 6.03 Å². The van der Waals surface area contributed by atoms with Crippen LogP contribution >= 0.6 is 0 Å². The van der Waals surface area contributed by atoms with Crippen LogP contribution in [0.15, 0.2) is 28.7 Å². The third-order valence-corrected chi connectivity index (χ3v) is 3.80. The van der Waals surface area contributed by atoms with Crippen LogP contribution in [0.1, 0.15) is 28.8 Å². The van der Waals surface area contributed by atoms with Crippen molar-refractivity contribution in [2.45, 2.75) is 26.5 Å². The number of methoxy groups -OCH3 is 2. The highest BCUT2D eigenvalue weighted by molar-refractivity contribution is 5.73. The predicted molar refractivity (Wildman–Crippen MR) is 92.9 cm³/mol. The first kappa shape index (κ1) is 18.7. The highest BCUT2D eigenvalue weighted by Crippen LogP contribution is 2.27. The largest absolute Gasteiger partial charge is 0.493 e. The van der Waals surface area contributed by atoms with Crippen LogP contribution in [0.25, 0.3) is 0 Å². The first-order valence-corrected chi connectivity index (χ1v) is 7.92. The second-order valence-corrected chi connectivity index (χ2v) is 5.64. The van der Waals surface area contributed by atoms with Crippen LogP contribution < -0.4 is 20.1 Å². The van der Waals surface area contributed by atoms with E-state index in [-0.39, 0.29) is 12.6 Å². The van der Waals surface area contributed by atoms with Crippen LogP contribution in [0, 0.1) is 13.8 Å². The van der Waals surface area contributed by atoms with Gasteiger partial charge in [-0.1, -0.05) is 6.07 Å². The van der Waals surface area contributed by atoms with E-state index in [1.807, 2.05) is 13.0 Å². The molecule has 1 unspecified atom stereocenters. The normalized spacial score (nSPS) is 11.7. The van der Waals surface area contributed by atoms with Gasteiger partial charge in [0.1, 0.15) is 11.5 Å². The highest BCUT2D eigenvalue weighted by Gasteiger charge is 2.15. The van der Waals surface area contributed by atoms with Gasteiger partial charge in [-0.3, -0.25) is 0 Å². The van der Waals surface area contributed by atoms with E-state index >= 15 is 0 Å². The van der Waals surface area contributed by atoms with Gasteiger partial charge in [0.25, 0.3) is 0 Å². The smallest absolute Gasteiger partial charge is 0.315 e. The van der Waals surface area contributed by atoms with E-state index in [9.17, 15) is 9.90 Å². The Morgan fingerprint density at radius 2 is 1.88 bits per heavy atom. The topological polar surface area (TPSA) is 93.0 Å². The number of urea groups is 1. The summed E-state index contributed by atoms with van der Waals surface area (Å²) in [5.41, 5.74) is 1.55. The number of benzene rings is 1. The molecule has 25 heavy (non-hydrogen) atoms. The van der Waals surface area contributed by atoms with E-state index in [1.165, 1.54) is 0 Å². The fourth-order valence-electron chi connectivity index (χ4n) is 2.52. The number of rotatable bonds is 7. The van der Waals surface area contributed by atoms with Gasteiger partial charge in [0, 0.05) is 18.7 Å². The molecule has 3 N–H and O–H groups in total. The predicted octanol–water partition coefficient (Wildman–Crippen LogP) is 2.45. The summed E-state index contributed by atoms with van der Waals surface area (Å²) in [5, 5.41) is 15.5. The van der Waals surface area contributed by atoms with Gasteiger partial charge in [-0.05, 0) is 37.6 Å². The maximum Gasteiger partial charge on any atom is 0.315 e. The second-order valence-electron chi connectivity index (χ2n) is 5.64. The highest BCUT2D eigenvalue weighted by atomic mass is 16.5. The van der Waals surface area contributed by atoms with Crippen molar-refractivity contribution < 1.29 is 23.8 Å². The molecule has 2 amide bonds. The number of hydrogen-bond donors (Lipinski definition) is 3. The monoisotopic (exact) mass is 348 g/mol. The number of carbonyl (C=O) groups is 1. The lowest BCUT2D eigenvalue weighted by Crippen LogP contribution is -2.37. The van der Waals surface area contributed by atoms with Crippen molar-refractivity contribution >= 4 is 6.03 Å². The van der Waals surface area contributed by atoms with Gasteiger partial charge in [0.15, 0.2) is 11.5 Å². The molecular formula is C18H24N2O5.